The molecule has 2 fully saturated rings. The lowest BCUT2D eigenvalue weighted by Gasteiger charge is -2.41. The Morgan fingerprint density at radius 1 is 1.08 bits per heavy atom. The highest BCUT2D eigenvalue weighted by Crippen LogP contribution is 2.57. The number of H-pyrrole nitrogens is 1. The van der Waals surface area contributed by atoms with Crippen LogP contribution < -0.4 is 21.0 Å². The second kappa shape index (κ2) is 11.2. The van der Waals surface area contributed by atoms with Crippen molar-refractivity contribution in [2.75, 3.05) is 13.2 Å². The fourth-order valence-corrected chi connectivity index (χ4v) is 5.53. The smallest absolute Gasteiger partial charge is 0.330 e. The maximum Gasteiger partial charge on any atom is 0.330 e. The number of aryl methyl sites for hydroxylation is 1. The number of aromatic amines is 1. The number of nitrogens with one attached hydrogen (secondary N) is 1. The predicted molar refractivity (Wildman–Crippen MR) is 108 cm³/mol. The molecule has 0 aliphatic carbocycles. The molecule has 0 spiro atoms. The molecule has 0 radical (unpaired) electrons. The Morgan fingerprint density at radius 3 is 2.39 bits per heavy atom. The Morgan fingerprint density at radius 2 is 1.75 bits per heavy atom. The molecule has 1 aromatic heterocycles. The topological polar surface area (TPSA) is 282 Å². The van der Waals surface area contributed by atoms with Crippen LogP contribution in [0.15, 0.2) is 15.8 Å². The lowest BCUT2D eigenvalue weighted by Crippen LogP contribution is -2.59. The molecule has 3 heterocycles. The van der Waals surface area contributed by atoms with E-state index in [1.165, 1.54) is 13.1 Å². The minimum absolute atomic E-state index is 0.162. The van der Waals surface area contributed by atoms with Gasteiger partial charge in [-0.05, 0) is 6.92 Å². The molecule has 3 rings (SSSR count). The van der Waals surface area contributed by atoms with Crippen molar-refractivity contribution in [3.63, 3.8) is 0 Å². The maximum atomic E-state index is 12.0. The zero-order chi connectivity index (χ0) is 27.0. The van der Waals surface area contributed by atoms with Crippen molar-refractivity contribution < 1.29 is 67.3 Å². The lowest BCUT2D eigenvalue weighted by molar-refractivity contribution is -0.305. The molecular formula is C16H24N2O16P2-2. The summed E-state index contributed by atoms with van der Waals surface area (Å²) in [5.74, 6) is 0. The minimum Gasteiger partial charge on any atom is -0.756 e. The van der Waals surface area contributed by atoms with E-state index >= 15 is 0 Å². The molecule has 20 heteroatoms. The number of hydrogen-bond donors (Lipinski definition) is 6. The van der Waals surface area contributed by atoms with Gasteiger partial charge < -0.3 is 49.3 Å². The summed E-state index contributed by atoms with van der Waals surface area (Å²) in [5, 5.41) is 48.4. The van der Waals surface area contributed by atoms with E-state index in [9.17, 15) is 48.9 Å². The van der Waals surface area contributed by atoms with E-state index in [1.807, 2.05) is 4.98 Å². The molecular weight excluding hydrogens is 538 g/mol. The molecule has 0 aromatic carbocycles. The highest BCUT2D eigenvalue weighted by molar-refractivity contribution is 7.59. The quantitative estimate of drug-likeness (QED) is 0.154. The Balaban J connectivity index is 1.59. The number of hydrogen-bond acceptors (Lipinski definition) is 16. The monoisotopic (exact) mass is 562 g/mol. The van der Waals surface area contributed by atoms with Crippen molar-refractivity contribution in [2.45, 2.75) is 62.5 Å². The SMILES string of the molecule is Cc1cn([C@H]2C[C@H](O)[C@@H](COP(=O)([O-])OP(=O)([O-])O[C@H]3O[C@H](CO)[C@H](O)[C@H](O)[C@H]3O)O2)c(=O)[nH]c1=O. The van der Waals surface area contributed by atoms with Gasteiger partial charge in [0.05, 0.1) is 19.3 Å². The number of phosphoric ester groups is 2. The summed E-state index contributed by atoms with van der Waals surface area (Å²) >= 11 is 0. The first-order chi connectivity index (χ1) is 16.6. The maximum absolute atomic E-state index is 12.0. The van der Waals surface area contributed by atoms with Crippen molar-refractivity contribution in [1.82, 2.24) is 9.55 Å². The number of aromatic nitrogens is 2. The van der Waals surface area contributed by atoms with E-state index < -0.39 is 89.2 Å². The van der Waals surface area contributed by atoms with Gasteiger partial charge >= 0.3 is 5.69 Å². The molecule has 206 valence electrons. The van der Waals surface area contributed by atoms with E-state index in [-0.39, 0.29) is 12.0 Å². The zero-order valence-corrected chi connectivity index (χ0v) is 20.2. The van der Waals surface area contributed by atoms with Crippen molar-refractivity contribution in [3.05, 3.63) is 32.6 Å². The molecule has 2 unspecified atom stereocenters. The normalized spacial score (nSPS) is 36.3. The molecule has 6 N–H and O–H groups in total. The first kappa shape index (κ1) is 29.2. The third kappa shape index (κ3) is 6.75. The van der Waals surface area contributed by atoms with E-state index in [4.69, 9.17) is 14.6 Å². The van der Waals surface area contributed by atoms with Crippen LogP contribution in [-0.4, -0.2) is 91.2 Å². The van der Waals surface area contributed by atoms with Crippen molar-refractivity contribution in [2.24, 2.45) is 0 Å². The van der Waals surface area contributed by atoms with Gasteiger partial charge in [-0.25, -0.2) is 9.11 Å². The molecule has 10 atom stereocenters. The number of ether oxygens (including phenoxy) is 2. The van der Waals surface area contributed by atoms with Crippen molar-refractivity contribution in [1.29, 1.82) is 0 Å². The molecule has 2 aliphatic heterocycles. The van der Waals surface area contributed by atoms with Crippen molar-refractivity contribution >= 4 is 15.6 Å². The van der Waals surface area contributed by atoms with Gasteiger partial charge in [0.2, 0.25) is 0 Å². The molecule has 0 saturated carbocycles. The number of rotatable bonds is 9. The van der Waals surface area contributed by atoms with Crippen LogP contribution in [0.3, 0.4) is 0 Å². The Hall–Kier alpha value is -1.34. The predicted octanol–water partition coefficient (Wildman–Crippen LogP) is -4.72. The number of phosphoric acid groups is 2. The Bertz CT molecular complexity index is 1140. The van der Waals surface area contributed by atoms with E-state index in [0.29, 0.717) is 0 Å². The first-order valence-corrected chi connectivity index (χ1v) is 13.2. The number of nitrogens with zero attached hydrogens (tertiary/aromatic N) is 1. The van der Waals surface area contributed by atoms with Crippen LogP contribution in [0.4, 0.5) is 0 Å². The highest BCUT2D eigenvalue weighted by atomic mass is 31.3. The number of aliphatic hydroxyl groups excluding tert-OH is 5. The second-order valence-corrected chi connectivity index (χ2v) is 10.9. The summed E-state index contributed by atoms with van der Waals surface area (Å²) in [5.41, 5.74) is -1.32. The van der Waals surface area contributed by atoms with Gasteiger partial charge in [-0.3, -0.25) is 28.0 Å². The third-order valence-electron chi connectivity index (χ3n) is 5.34. The zero-order valence-electron chi connectivity index (χ0n) is 18.4. The molecule has 0 amide bonds. The second-order valence-electron chi connectivity index (χ2n) is 7.99. The van der Waals surface area contributed by atoms with Gasteiger partial charge in [-0.1, -0.05) is 0 Å². The van der Waals surface area contributed by atoms with Crippen LogP contribution in [0.1, 0.15) is 18.2 Å². The van der Waals surface area contributed by atoms with Crippen molar-refractivity contribution in [3.8, 4) is 0 Å². The molecule has 36 heavy (non-hydrogen) atoms. The molecule has 2 aliphatic rings. The standard InChI is InChI=1S/C16H26N2O16P2/c1-6-3-18(16(25)17-14(6)24)10-2-7(20)9(31-10)5-30-35(26,27)34-36(28,29)33-15-13(23)12(22)11(21)8(4-19)32-15/h3,7-13,15,19-23H,2,4-5H2,1H3,(H,26,27)(H,28,29)(H,17,24,25)/p-2/t7-,8+,9+,10+,11-,12-,13+,15+/m0/s1. The fraction of sp³-hybridized carbons (Fsp3) is 0.750. The van der Waals surface area contributed by atoms with Gasteiger partial charge in [0.1, 0.15) is 36.7 Å². The van der Waals surface area contributed by atoms with Gasteiger partial charge in [-0.2, -0.15) is 0 Å². The Labute approximate surface area is 201 Å². The van der Waals surface area contributed by atoms with Crippen LogP contribution >= 0.6 is 15.6 Å². The first-order valence-electron chi connectivity index (χ1n) is 10.3. The molecule has 0 bridgehead atoms. The van der Waals surface area contributed by atoms with Crippen LogP contribution in [0.25, 0.3) is 0 Å². The summed E-state index contributed by atoms with van der Waals surface area (Å²) in [6.45, 7) is -0.442. The van der Waals surface area contributed by atoms with Gasteiger partial charge in [-0.15, -0.1) is 0 Å². The summed E-state index contributed by atoms with van der Waals surface area (Å²) < 4.78 is 47.8. The molecule has 18 nitrogen and oxygen atoms in total. The van der Waals surface area contributed by atoms with E-state index in [2.05, 4.69) is 13.4 Å². The van der Waals surface area contributed by atoms with Crippen LogP contribution in [0.2, 0.25) is 0 Å². The number of aliphatic hydroxyl groups is 5. The summed E-state index contributed by atoms with van der Waals surface area (Å²) in [7, 11) is -11.6. The lowest BCUT2D eigenvalue weighted by atomic mass is 10.00. The largest absolute Gasteiger partial charge is 0.756 e. The minimum atomic E-state index is -5.85. The van der Waals surface area contributed by atoms with Gasteiger partial charge in [0, 0.05) is 18.2 Å². The van der Waals surface area contributed by atoms with Crippen LogP contribution in [-0.2, 0) is 32.0 Å². The van der Waals surface area contributed by atoms with E-state index in [0.717, 1.165) is 4.57 Å². The molecule has 2 saturated heterocycles. The van der Waals surface area contributed by atoms with Gasteiger partial charge in [0.25, 0.3) is 21.2 Å². The van der Waals surface area contributed by atoms with Crippen LogP contribution in [0.5, 0.6) is 0 Å². The molecule has 1 aromatic rings. The van der Waals surface area contributed by atoms with Crippen LogP contribution in [0, 0.1) is 6.92 Å². The Kier molecular flexibility index (Phi) is 9.08. The fourth-order valence-electron chi connectivity index (χ4n) is 3.45. The van der Waals surface area contributed by atoms with E-state index in [1.54, 1.807) is 0 Å². The highest BCUT2D eigenvalue weighted by Gasteiger charge is 2.46. The average molecular weight is 562 g/mol. The average Bonchev–Trinajstić information content (AvgIpc) is 3.14. The summed E-state index contributed by atoms with van der Waals surface area (Å²) in [4.78, 5) is 49.6. The third-order valence-corrected chi connectivity index (χ3v) is 7.87. The summed E-state index contributed by atoms with van der Waals surface area (Å²) in [6.07, 6.45) is -12.7. The van der Waals surface area contributed by atoms with Gasteiger partial charge in [0.15, 0.2) is 6.29 Å². The summed E-state index contributed by atoms with van der Waals surface area (Å²) in [6, 6.07) is 0.